The van der Waals surface area contributed by atoms with Crippen molar-refractivity contribution in [2.24, 2.45) is 23.8 Å². The molecule has 1 unspecified atom stereocenters. The van der Waals surface area contributed by atoms with Crippen LogP contribution in [0.5, 0.6) is 5.75 Å². The first-order chi connectivity index (χ1) is 21.0. The van der Waals surface area contributed by atoms with Crippen LogP contribution in [-0.4, -0.2) is 68.8 Å². The van der Waals surface area contributed by atoms with E-state index in [1.807, 2.05) is 54.6 Å². The Bertz CT molecular complexity index is 1890. The number of hydrogen-bond donors (Lipinski definition) is 2. The van der Waals surface area contributed by atoms with Crippen molar-refractivity contribution in [3.8, 4) is 17.3 Å². The zero-order valence-corrected chi connectivity index (χ0v) is 26.5. The van der Waals surface area contributed by atoms with Gasteiger partial charge >= 0.3 is 0 Å². The largest absolute Gasteiger partial charge is 0.494 e. The van der Waals surface area contributed by atoms with Crippen molar-refractivity contribution in [3.05, 3.63) is 41.6 Å². The van der Waals surface area contributed by atoms with Gasteiger partial charge in [-0.1, -0.05) is 13.8 Å². The highest BCUT2D eigenvalue weighted by Crippen LogP contribution is 2.41. The van der Waals surface area contributed by atoms with Crippen molar-refractivity contribution in [1.82, 2.24) is 24.0 Å². The van der Waals surface area contributed by atoms with E-state index in [0.29, 0.717) is 34.9 Å². The van der Waals surface area contributed by atoms with Crippen LogP contribution in [0.3, 0.4) is 0 Å². The Morgan fingerprint density at radius 3 is 2.52 bits per heavy atom. The number of benzene rings is 1. The predicted molar refractivity (Wildman–Crippen MR) is 170 cm³/mol. The molecule has 44 heavy (non-hydrogen) atoms. The summed E-state index contributed by atoms with van der Waals surface area (Å²) >= 11 is 0. The summed E-state index contributed by atoms with van der Waals surface area (Å²) in [5.41, 5.74) is 10.8. The molecule has 1 saturated carbocycles. The van der Waals surface area contributed by atoms with Gasteiger partial charge in [0.05, 0.1) is 23.6 Å². The third kappa shape index (κ3) is 4.69. The lowest BCUT2D eigenvalue weighted by atomic mass is 9.97. The molecule has 2 saturated heterocycles. The van der Waals surface area contributed by atoms with Gasteiger partial charge in [-0.15, -0.1) is 0 Å². The van der Waals surface area contributed by atoms with Gasteiger partial charge in [0.1, 0.15) is 16.9 Å². The minimum absolute atomic E-state index is 0.0172. The fraction of sp³-hybridized carbons (Fsp3) is 0.531. The smallest absolute Gasteiger partial charge is 0.254 e. The van der Waals surface area contributed by atoms with E-state index in [1.54, 1.807) is 7.11 Å². The van der Waals surface area contributed by atoms with Crippen LogP contribution in [0.25, 0.3) is 33.6 Å². The van der Waals surface area contributed by atoms with Crippen LogP contribution in [-0.2, 0) is 23.6 Å². The van der Waals surface area contributed by atoms with E-state index in [4.69, 9.17) is 25.6 Å². The molecule has 5 heterocycles. The van der Waals surface area contributed by atoms with Gasteiger partial charge in [0.25, 0.3) is 5.91 Å². The number of aryl methyl sites for hydroxylation is 1. The standard InChI is InChI=1S/C32H41N7O4S/c1-5-28(44(34,41)42)17(2)23-10-8-19-13-26(38(30(19)35-23)16-18-6-7-18)31-36-24-12-20(14-27(43-4)29(24)37(31)3)32(40)39-21-9-11-25(39)22(33)15-21/h8,10,12-14,17-18,21-22,25,28H,5-7,9,11,15-16,33H2,1-4H3,(H2,34,41,42)/t17-,21+,22-,25-,28?/m1/s1. The molecule has 1 amide bonds. The number of methoxy groups -OCH3 is 1. The molecule has 4 N–H and O–H groups in total. The van der Waals surface area contributed by atoms with Crippen molar-refractivity contribution in [3.63, 3.8) is 0 Å². The van der Waals surface area contributed by atoms with Gasteiger partial charge in [-0.2, -0.15) is 0 Å². The molecule has 7 rings (SSSR count). The minimum atomic E-state index is -3.73. The molecule has 0 radical (unpaired) electrons. The number of aromatic nitrogens is 4. The molecular weight excluding hydrogens is 578 g/mol. The summed E-state index contributed by atoms with van der Waals surface area (Å²) < 4.78 is 34.7. The molecule has 2 bridgehead atoms. The van der Waals surface area contributed by atoms with E-state index in [9.17, 15) is 13.2 Å². The highest BCUT2D eigenvalue weighted by Gasteiger charge is 2.47. The molecule has 1 aliphatic carbocycles. The topological polar surface area (TPSA) is 151 Å². The number of fused-ring (bicyclic) bond motifs is 4. The Kier molecular flexibility index (Phi) is 7.02. The number of sulfonamides is 1. The predicted octanol–water partition coefficient (Wildman–Crippen LogP) is 3.88. The number of carbonyl (C=O) groups excluding carboxylic acids is 1. The van der Waals surface area contributed by atoms with E-state index < -0.39 is 15.3 Å². The van der Waals surface area contributed by atoms with E-state index >= 15 is 0 Å². The molecule has 4 aromatic rings. The lowest BCUT2D eigenvalue weighted by Gasteiger charge is -2.23. The minimum Gasteiger partial charge on any atom is -0.494 e. The van der Waals surface area contributed by atoms with Crippen LogP contribution in [0.4, 0.5) is 0 Å². The number of carbonyl (C=O) groups is 1. The Labute approximate surface area is 257 Å². The molecule has 2 aliphatic heterocycles. The highest BCUT2D eigenvalue weighted by atomic mass is 32.2. The number of hydrogen-bond acceptors (Lipinski definition) is 7. The third-order valence-electron chi connectivity index (χ3n) is 10.2. The average Bonchev–Trinajstić information content (AvgIpc) is 3.31. The van der Waals surface area contributed by atoms with Crippen LogP contribution in [0.2, 0.25) is 0 Å². The number of nitrogens with two attached hydrogens (primary N) is 2. The molecule has 0 spiro atoms. The van der Waals surface area contributed by atoms with Gasteiger partial charge in [0, 0.05) is 54.3 Å². The average molecular weight is 620 g/mol. The molecule has 5 atom stereocenters. The maximum Gasteiger partial charge on any atom is 0.254 e. The fourth-order valence-corrected chi connectivity index (χ4v) is 8.88. The van der Waals surface area contributed by atoms with Crippen molar-refractivity contribution in [2.45, 2.75) is 88.2 Å². The van der Waals surface area contributed by atoms with Gasteiger partial charge in [0.2, 0.25) is 10.0 Å². The number of imidazole rings is 1. The van der Waals surface area contributed by atoms with Gasteiger partial charge < -0.3 is 24.5 Å². The second-order valence-corrected chi connectivity index (χ2v) is 14.8. The number of rotatable bonds is 9. The molecule has 3 aromatic heterocycles. The zero-order valence-electron chi connectivity index (χ0n) is 25.7. The summed E-state index contributed by atoms with van der Waals surface area (Å²) in [5, 5.41) is 5.82. The SMILES string of the molecule is CCC([C@H](C)c1ccc2cc(-c3nc4cc(C(=O)N5[C@H]6CC[C@@H]5[C@H](N)C6)cc(OC)c4n3C)n(CC3CC3)c2n1)S(N)(=O)=O. The normalized spacial score (nSPS) is 23.1. The van der Waals surface area contributed by atoms with E-state index in [0.717, 1.165) is 66.7 Å². The Hall–Kier alpha value is -3.48. The first kappa shape index (κ1) is 29.2. The van der Waals surface area contributed by atoms with Crippen LogP contribution in [0, 0.1) is 5.92 Å². The quantitative estimate of drug-likeness (QED) is 0.288. The number of nitrogens with zero attached hydrogens (tertiary/aromatic N) is 5. The lowest BCUT2D eigenvalue weighted by molar-refractivity contribution is 0.0726. The molecule has 3 aliphatic rings. The Balaban J connectivity index is 1.33. The van der Waals surface area contributed by atoms with E-state index in [-0.39, 0.29) is 30.0 Å². The molecule has 234 valence electrons. The number of amides is 1. The monoisotopic (exact) mass is 619 g/mol. The van der Waals surface area contributed by atoms with Gasteiger partial charge in [-0.05, 0) is 74.8 Å². The first-order valence-electron chi connectivity index (χ1n) is 15.6. The fourth-order valence-electron chi connectivity index (χ4n) is 7.70. The Morgan fingerprint density at radius 2 is 1.91 bits per heavy atom. The second-order valence-electron chi connectivity index (χ2n) is 13.0. The summed E-state index contributed by atoms with van der Waals surface area (Å²) in [4.78, 5) is 25.9. The molecule has 1 aromatic carbocycles. The summed E-state index contributed by atoms with van der Waals surface area (Å²) in [7, 11) is -0.143. The van der Waals surface area contributed by atoms with Crippen LogP contribution in [0.1, 0.15) is 74.3 Å². The lowest BCUT2D eigenvalue weighted by Crippen LogP contribution is -2.40. The number of pyridine rings is 1. The summed E-state index contributed by atoms with van der Waals surface area (Å²) in [6.07, 6.45) is 5.52. The third-order valence-corrected chi connectivity index (χ3v) is 11.8. The summed E-state index contributed by atoms with van der Waals surface area (Å²) in [5.74, 6) is 1.52. The van der Waals surface area contributed by atoms with Crippen molar-refractivity contribution in [2.75, 3.05) is 7.11 Å². The van der Waals surface area contributed by atoms with Gasteiger partial charge in [-0.25, -0.2) is 23.5 Å². The molecule has 11 nitrogen and oxygen atoms in total. The summed E-state index contributed by atoms with van der Waals surface area (Å²) in [6, 6.07) is 10.0. The molecular formula is C32H41N7O4S. The zero-order chi connectivity index (χ0) is 31.1. The van der Waals surface area contributed by atoms with Gasteiger partial charge in [-0.3, -0.25) is 4.79 Å². The second kappa shape index (κ2) is 10.6. The van der Waals surface area contributed by atoms with E-state index in [1.165, 1.54) is 0 Å². The Morgan fingerprint density at radius 1 is 1.14 bits per heavy atom. The van der Waals surface area contributed by atoms with Crippen molar-refractivity contribution >= 4 is 38.0 Å². The molecule has 12 heteroatoms. The highest BCUT2D eigenvalue weighted by molar-refractivity contribution is 7.89. The van der Waals surface area contributed by atoms with Crippen LogP contribution < -0.4 is 15.6 Å². The first-order valence-corrected chi connectivity index (χ1v) is 17.3. The maximum atomic E-state index is 13.8. The summed E-state index contributed by atoms with van der Waals surface area (Å²) in [6.45, 7) is 4.50. The number of ether oxygens (including phenoxy) is 1. The maximum absolute atomic E-state index is 13.8. The van der Waals surface area contributed by atoms with Gasteiger partial charge in [0.15, 0.2) is 5.82 Å². The number of primary sulfonamides is 1. The molecule has 3 fully saturated rings. The van der Waals surface area contributed by atoms with Crippen LogP contribution >= 0.6 is 0 Å². The van der Waals surface area contributed by atoms with Crippen molar-refractivity contribution < 1.29 is 17.9 Å². The van der Waals surface area contributed by atoms with E-state index in [2.05, 4.69) is 10.6 Å². The van der Waals surface area contributed by atoms with Crippen molar-refractivity contribution in [1.29, 1.82) is 0 Å². The van der Waals surface area contributed by atoms with Crippen LogP contribution in [0.15, 0.2) is 30.3 Å².